The summed E-state index contributed by atoms with van der Waals surface area (Å²) >= 11 is 2.12. The number of carboxylic acids is 1. The molecule has 2 atom stereocenters. The van der Waals surface area contributed by atoms with Gasteiger partial charge in [0, 0.05) is 16.7 Å². The van der Waals surface area contributed by atoms with Gasteiger partial charge >= 0.3 is 27.1 Å². The van der Waals surface area contributed by atoms with E-state index in [1.807, 2.05) is 0 Å². The van der Waals surface area contributed by atoms with Gasteiger partial charge in [-0.15, -0.1) is 41.8 Å². The summed E-state index contributed by atoms with van der Waals surface area (Å²) < 4.78 is 52.6. The minimum absolute atomic E-state index is 0.00927. The van der Waals surface area contributed by atoms with Gasteiger partial charge in [-0.25, -0.2) is 29.3 Å². The Kier molecular flexibility index (Phi) is 16.4. The van der Waals surface area contributed by atoms with E-state index in [9.17, 15) is 33.4 Å². The first-order valence-electron chi connectivity index (χ1n) is 14.9. The number of thioether (sulfide) groups is 1. The molecule has 0 unspecified atom stereocenters. The second-order valence-corrected chi connectivity index (χ2v) is 16.1. The lowest BCUT2D eigenvalue weighted by Gasteiger charge is -2.49. The average molecular weight is 806 g/mol. The van der Waals surface area contributed by atoms with E-state index in [0.29, 0.717) is 0 Å². The summed E-state index contributed by atoms with van der Waals surface area (Å²) in [7, 11) is -8.61. The summed E-state index contributed by atoms with van der Waals surface area (Å²) in [5.41, 5.74) is 4.99. The van der Waals surface area contributed by atoms with E-state index in [2.05, 4.69) is 15.5 Å². The van der Waals surface area contributed by atoms with E-state index in [1.54, 1.807) is 0 Å². The Bertz CT molecular complexity index is 1520. The highest BCUT2D eigenvalue weighted by Gasteiger charge is 2.57. The molecule has 2 aliphatic heterocycles. The van der Waals surface area contributed by atoms with Gasteiger partial charge in [0.05, 0.1) is 32.8 Å². The summed E-state index contributed by atoms with van der Waals surface area (Å²) in [6, 6.07) is -1.16. The molecule has 1 aromatic rings. The van der Waals surface area contributed by atoms with Gasteiger partial charge in [0.1, 0.15) is 36.5 Å². The topological polar surface area (TPSA) is 281 Å². The Morgan fingerprint density at radius 1 is 1.04 bits per heavy atom. The van der Waals surface area contributed by atoms with Crippen molar-refractivity contribution in [1.29, 1.82) is 0 Å². The molecule has 0 bridgehead atoms. The summed E-state index contributed by atoms with van der Waals surface area (Å²) in [4.78, 5) is 80.6. The van der Waals surface area contributed by atoms with Crippen molar-refractivity contribution in [3.8, 4) is 0 Å². The third kappa shape index (κ3) is 10.6. The predicted octanol–water partition coefficient (Wildman–Crippen LogP) is 2.33. The zero-order chi connectivity index (χ0) is 37.8. The number of oxime groups is 1. The van der Waals surface area contributed by atoms with Gasteiger partial charge in [0.15, 0.2) is 16.2 Å². The van der Waals surface area contributed by atoms with Gasteiger partial charge in [-0.3, -0.25) is 28.4 Å². The van der Waals surface area contributed by atoms with Crippen LogP contribution in [0, 0.1) is 0 Å². The van der Waals surface area contributed by atoms with Crippen LogP contribution < -0.4 is 11.1 Å². The largest absolute Gasteiger partial charge is 0.477 e. The van der Waals surface area contributed by atoms with Crippen LogP contribution in [-0.2, 0) is 76.1 Å². The third-order valence-electron chi connectivity index (χ3n) is 6.28. The number of rotatable bonds is 23. The molecule has 4 N–H and O–H groups in total. The molecule has 0 saturated carbocycles. The van der Waals surface area contributed by atoms with Crippen LogP contribution in [-0.4, -0.2) is 107 Å². The van der Waals surface area contributed by atoms with Crippen molar-refractivity contribution in [2.45, 2.75) is 50.9 Å². The number of fused-ring (bicyclic) bond motifs is 1. The van der Waals surface area contributed by atoms with Gasteiger partial charge in [-0.2, -0.15) is 0 Å². The maximum atomic E-state index is 13.8. The molecule has 22 nitrogen and oxygen atoms in total. The number of aromatic nitrogens is 1. The molecule has 1 aromatic heterocycles. The first-order chi connectivity index (χ1) is 24.3. The van der Waals surface area contributed by atoms with Crippen molar-refractivity contribution in [1.82, 2.24) is 15.2 Å². The number of ether oxygens (including phenoxy) is 1. The van der Waals surface area contributed by atoms with Gasteiger partial charge in [0.2, 0.25) is 0 Å². The van der Waals surface area contributed by atoms with Crippen molar-refractivity contribution >= 4 is 72.9 Å². The van der Waals surface area contributed by atoms with Crippen molar-refractivity contribution in [2.24, 2.45) is 5.16 Å². The normalized spacial score (nSPS) is 18.0. The van der Waals surface area contributed by atoms with E-state index >= 15 is 0 Å². The monoisotopic (exact) mass is 805 g/mol. The number of carbonyl (C=O) groups is 4. The molecular formula is C25H37N5O17P2S2. The van der Waals surface area contributed by atoms with E-state index in [1.165, 1.54) is 40.2 Å². The maximum Gasteiger partial charge on any atom is 0.400 e. The molecule has 3 rings (SSSR count). The molecule has 1 saturated heterocycles. The van der Waals surface area contributed by atoms with Gasteiger partial charge < -0.3 is 25.7 Å². The van der Waals surface area contributed by atoms with Crippen LogP contribution in [0.2, 0.25) is 0 Å². The van der Waals surface area contributed by atoms with E-state index in [4.69, 9.17) is 53.6 Å². The summed E-state index contributed by atoms with van der Waals surface area (Å²) in [6.45, 7) is 4.48. The number of hydrogen-bond donors (Lipinski definition) is 3. The fourth-order valence-corrected chi connectivity index (χ4v) is 10.1. The third-order valence-corrected chi connectivity index (χ3v) is 13.1. The number of nitrogen functional groups attached to an aromatic ring is 1. The van der Waals surface area contributed by atoms with E-state index in [-0.39, 0.29) is 54.3 Å². The van der Waals surface area contributed by atoms with Crippen LogP contribution in [0.1, 0.15) is 39.8 Å². The van der Waals surface area contributed by atoms with Gasteiger partial charge in [0.25, 0.3) is 11.8 Å². The molecule has 26 heteroatoms. The highest BCUT2D eigenvalue weighted by molar-refractivity contribution is 8.00. The first kappa shape index (κ1) is 42.4. The number of β-lactam (4-membered cyclic amide) rings is 1. The number of esters is 1. The van der Waals surface area contributed by atoms with Crippen LogP contribution in [0.25, 0.3) is 0 Å². The minimum Gasteiger partial charge on any atom is -0.477 e. The molecule has 0 radical (unpaired) electrons. The SMILES string of the molecule is CCOOP(=O)(OOCC)C(CC(=O)OCC1=C(C(=O)O)N2C(=O)[C@@H](NC(=O)/C(=N\OC)c3csc(N)n3)[C@@H]2SC1)P(=O)(OOCC)OOCC. The second-order valence-electron chi connectivity index (χ2n) is 9.66. The number of anilines is 1. The molecule has 2 aliphatic rings. The van der Waals surface area contributed by atoms with Crippen molar-refractivity contribution in [3.63, 3.8) is 0 Å². The molecule has 51 heavy (non-hydrogen) atoms. The number of carboxylic acid groups (broad SMARTS) is 1. The lowest BCUT2D eigenvalue weighted by Crippen LogP contribution is -2.71. The summed E-state index contributed by atoms with van der Waals surface area (Å²) in [5.74, 6) is -4.42. The number of nitrogens with one attached hydrogen (secondary N) is 1. The lowest BCUT2D eigenvalue weighted by molar-refractivity contribution is -0.272. The Hall–Kier alpha value is -2.99. The average Bonchev–Trinajstić information content (AvgIpc) is 3.55. The number of carbonyl (C=O) groups excluding carboxylic acids is 3. The van der Waals surface area contributed by atoms with Crippen LogP contribution in [0.3, 0.4) is 0 Å². The van der Waals surface area contributed by atoms with Crippen molar-refractivity contribution < 1.29 is 81.2 Å². The maximum absolute atomic E-state index is 13.8. The van der Waals surface area contributed by atoms with Crippen LogP contribution in [0.4, 0.5) is 5.13 Å². The molecule has 0 aliphatic carbocycles. The molecule has 2 amide bonds. The summed E-state index contributed by atoms with van der Waals surface area (Å²) in [6.07, 6.45) is -1.08. The number of amides is 2. The second kappa shape index (κ2) is 19.7. The molecule has 0 spiro atoms. The zero-order valence-corrected chi connectivity index (χ0v) is 31.3. The Labute approximate surface area is 298 Å². The molecular weight excluding hydrogens is 768 g/mol. The molecule has 0 aromatic carbocycles. The fourth-order valence-electron chi connectivity index (χ4n) is 4.20. The van der Waals surface area contributed by atoms with Gasteiger partial charge in [-0.05, 0) is 27.7 Å². The zero-order valence-electron chi connectivity index (χ0n) is 27.9. The van der Waals surface area contributed by atoms with Crippen LogP contribution in [0.15, 0.2) is 21.8 Å². The first-order valence-corrected chi connectivity index (χ1v) is 20.1. The highest BCUT2D eigenvalue weighted by Crippen LogP contribution is 2.72. The Morgan fingerprint density at radius 3 is 2.04 bits per heavy atom. The summed E-state index contributed by atoms with van der Waals surface area (Å²) in [5, 5.41) is 14.8. The Balaban J connectivity index is 1.82. The highest BCUT2D eigenvalue weighted by atomic mass is 32.2. The van der Waals surface area contributed by atoms with Gasteiger partial charge in [-0.1, -0.05) is 5.16 Å². The van der Waals surface area contributed by atoms with Crippen LogP contribution >= 0.6 is 38.3 Å². The minimum atomic E-state index is -4.91. The number of thiazole rings is 1. The molecule has 286 valence electrons. The standard InChI is InChI=1S/C25H37N5O17P2S2/c1-6-40-44-48(36,45-41-7-2)17(49(37,46-42-8-3)47-43-9-4)10-16(31)39-11-14-12-50-23-19(22(33)30(23)20(14)24(34)35)28-21(32)18(29-38-5)15-13-51-25(26)27-15/h13,17,19,23H,6-12H2,1-5H3,(H2,26,27)(H,28,32)(H,34,35)/b29-18-/t19-,23+/m1/s1. The van der Waals surface area contributed by atoms with E-state index < -0.39 is 74.5 Å². The number of nitrogens with zero attached hydrogens (tertiary/aromatic N) is 3. The Morgan fingerprint density at radius 2 is 1.59 bits per heavy atom. The quantitative estimate of drug-likeness (QED) is 0.0357. The van der Waals surface area contributed by atoms with Crippen LogP contribution in [0.5, 0.6) is 0 Å². The molecule has 3 heterocycles. The number of aliphatic carboxylic acids is 1. The number of hydrogen-bond acceptors (Lipinski definition) is 21. The fraction of sp³-hybridized carbons (Fsp3) is 0.600. The van der Waals surface area contributed by atoms with Crippen molar-refractivity contribution in [2.75, 3.05) is 51.6 Å². The van der Waals surface area contributed by atoms with E-state index in [0.717, 1.165) is 28.0 Å². The molecule has 1 fully saturated rings. The van der Waals surface area contributed by atoms with Crippen molar-refractivity contribution in [3.05, 3.63) is 22.3 Å². The smallest absolute Gasteiger partial charge is 0.400 e. The predicted molar refractivity (Wildman–Crippen MR) is 175 cm³/mol. The number of nitrogens with two attached hydrogens (primary N) is 1. The lowest BCUT2D eigenvalue weighted by atomic mass is 10.0.